The second-order valence-corrected chi connectivity index (χ2v) is 6.79. The molecule has 27 heavy (non-hydrogen) atoms. The largest absolute Gasteiger partial charge is 0.481 e. The highest BCUT2D eigenvalue weighted by Crippen LogP contribution is 2.32. The molecule has 6 heteroatoms. The Kier molecular flexibility index (Phi) is 5.42. The van der Waals surface area contributed by atoms with E-state index in [1.807, 2.05) is 30.3 Å². The van der Waals surface area contributed by atoms with Gasteiger partial charge in [0.2, 0.25) is 0 Å². The standard InChI is InChI=1S/C21H19ClN2O3/c1-13-20(14(2)25)18(21(26)27)12-19(15-8-10-16(22)11-9-15)23-24(13)17-6-4-3-5-7-17/h3-11,18H,12H2,1-2H3,(H,26,27). The predicted molar refractivity (Wildman–Crippen MR) is 106 cm³/mol. The number of allylic oxidation sites excluding steroid dienone is 1. The SMILES string of the molecule is CC(=O)C1=C(C)N(c2ccccc2)N=C(c2ccc(Cl)cc2)CC1C(=O)O. The highest BCUT2D eigenvalue weighted by Gasteiger charge is 2.33. The van der Waals surface area contributed by atoms with Crippen LogP contribution < -0.4 is 5.01 Å². The molecule has 1 aliphatic heterocycles. The fourth-order valence-electron chi connectivity index (χ4n) is 3.25. The summed E-state index contributed by atoms with van der Waals surface area (Å²) in [5.74, 6) is -2.28. The molecule has 1 aliphatic rings. The van der Waals surface area contributed by atoms with Gasteiger partial charge in [-0.1, -0.05) is 41.9 Å². The fourth-order valence-corrected chi connectivity index (χ4v) is 3.37. The molecule has 0 aromatic heterocycles. The van der Waals surface area contributed by atoms with Crippen molar-refractivity contribution < 1.29 is 14.7 Å². The van der Waals surface area contributed by atoms with Crippen molar-refractivity contribution in [1.82, 2.24) is 0 Å². The molecule has 0 saturated heterocycles. The number of halogens is 1. The molecule has 138 valence electrons. The first-order chi connectivity index (χ1) is 12.9. The van der Waals surface area contributed by atoms with Crippen molar-refractivity contribution in [1.29, 1.82) is 0 Å². The summed E-state index contributed by atoms with van der Waals surface area (Å²) in [5, 5.41) is 16.7. The van der Waals surface area contributed by atoms with Crippen molar-refractivity contribution in [3.8, 4) is 0 Å². The van der Waals surface area contributed by atoms with E-state index in [2.05, 4.69) is 0 Å². The lowest BCUT2D eigenvalue weighted by atomic mass is 9.88. The summed E-state index contributed by atoms with van der Waals surface area (Å²) in [6, 6.07) is 16.4. The highest BCUT2D eigenvalue weighted by atomic mass is 35.5. The van der Waals surface area contributed by atoms with Crippen LogP contribution in [0.3, 0.4) is 0 Å². The molecule has 5 nitrogen and oxygen atoms in total. The topological polar surface area (TPSA) is 70.0 Å². The highest BCUT2D eigenvalue weighted by molar-refractivity contribution is 6.30. The second-order valence-electron chi connectivity index (χ2n) is 6.35. The molecule has 0 bridgehead atoms. The van der Waals surface area contributed by atoms with Crippen LogP contribution in [0.2, 0.25) is 5.02 Å². The number of aliphatic carboxylic acids is 1. The first-order valence-corrected chi connectivity index (χ1v) is 8.89. The monoisotopic (exact) mass is 382 g/mol. The summed E-state index contributed by atoms with van der Waals surface area (Å²) in [6.45, 7) is 3.12. The minimum Gasteiger partial charge on any atom is -0.481 e. The second kappa shape index (κ2) is 7.76. The number of anilines is 1. The van der Waals surface area contributed by atoms with Gasteiger partial charge in [-0.15, -0.1) is 0 Å². The Morgan fingerprint density at radius 2 is 1.74 bits per heavy atom. The zero-order chi connectivity index (χ0) is 19.6. The van der Waals surface area contributed by atoms with E-state index < -0.39 is 11.9 Å². The maximum Gasteiger partial charge on any atom is 0.311 e. The summed E-state index contributed by atoms with van der Waals surface area (Å²) in [5.41, 5.74) is 2.89. The third kappa shape index (κ3) is 3.93. The maximum absolute atomic E-state index is 12.3. The number of rotatable bonds is 4. The number of nitrogens with zero attached hydrogens (tertiary/aromatic N) is 2. The zero-order valence-electron chi connectivity index (χ0n) is 15.0. The van der Waals surface area contributed by atoms with Gasteiger partial charge in [0.15, 0.2) is 5.78 Å². The smallest absolute Gasteiger partial charge is 0.311 e. The van der Waals surface area contributed by atoms with E-state index >= 15 is 0 Å². The average molecular weight is 383 g/mol. The number of benzene rings is 2. The van der Waals surface area contributed by atoms with E-state index in [0.29, 0.717) is 16.4 Å². The van der Waals surface area contributed by atoms with Gasteiger partial charge < -0.3 is 5.11 Å². The lowest BCUT2D eigenvalue weighted by Gasteiger charge is -2.22. The Balaban J connectivity index is 2.21. The minimum absolute atomic E-state index is 0.118. The number of para-hydroxylation sites is 1. The molecular formula is C21H19ClN2O3. The quantitative estimate of drug-likeness (QED) is 0.844. The number of carboxylic acid groups (broad SMARTS) is 1. The van der Waals surface area contributed by atoms with Crippen LogP contribution >= 0.6 is 11.6 Å². The van der Waals surface area contributed by atoms with Gasteiger partial charge in [0, 0.05) is 22.7 Å². The summed E-state index contributed by atoms with van der Waals surface area (Å²) < 4.78 is 0. The van der Waals surface area contributed by atoms with Crippen molar-refractivity contribution in [2.75, 3.05) is 5.01 Å². The lowest BCUT2D eigenvalue weighted by Crippen LogP contribution is -2.24. The van der Waals surface area contributed by atoms with Crippen LogP contribution in [-0.2, 0) is 9.59 Å². The van der Waals surface area contributed by atoms with Gasteiger partial charge in [0.1, 0.15) is 0 Å². The molecule has 2 aromatic carbocycles. The van der Waals surface area contributed by atoms with Gasteiger partial charge in [-0.2, -0.15) is 5.10 Å². The van der Waals surface area contributed by atoms with Gasteiger partial charge in [0.25, 0.3) is 0 Å². The number of carbonyl (C=O) groups excluding carboxylic acids is 1. The summed E-state index contributed by atoms with van der Waals surface area (Å²) in [6.07, 6.45) is 0.118. The van der Waals surface area contributed by atoms with Crippen LogP contribution in [-0.4, -0.2) is 22.6 Å². The van der Waals surface area contributed by atoms with Gasteiger partial charge in [-0.3, -0.25) is 9.59 Å². The summed E-state index contributed by atoms with van der Waals surface area (Å²) >= 11 is 5.98. The van der Waals surface area contributed by atoms with Crippen molar-refractivity contribution in [3.63, 3.8) is 0 Å². The van der Waals surface area contributed by atoms with Crippen molar-refractivity contribution in [2.45, 2.75) is 20.3 Å². The number of hydrogen-bond donors (Lipinski definition) is 1. The van der Waals surface area contributed by atoms with Gasteiger partial charge in [-0.05, 0) is 43.7 Å². The molecule has 1 atom stereocenters. The van der Waals surface area contributed by atoms with E-state index in [1.165, 1.54) is 6.92 Å². The summed E-state index contributed by atoms with van der Waals surface area (Å²) in [4.78, 5) is 24.3. The van der Waals surface area contributed by atoms with E-state index in [4.69, 9.17) is 16.7 Å². The van der Waals surface area contributed by atoms with Crippen molar-refractivity contribution >= 4 is 34.8 Å². The van der Waals surface area contributed by atoms with E-state index in [0.717, 1.165) is 11.3 Å². The number of carbonyl (C=O) groups is 2. The van der Waals surface area contributed by atoms with Crippen LogP contribution in [0.25, 0.3) is 0 Å². The van der Waals surface area contributed by atoms with Crippen LogP contribution in [0.1, 0.15) is 25.8 Å². The first-order valence-electron chi connectivity index (χ1n) is 8.51. The maximum atomic E-state index is 12.3. The van der Waals surface area contributed by atoms with Crippen LogP contribution in [0.5, 0.6) is 0 Å². The molecule has 2 aromatic rings. The Morgan fingerprint density at radius 3 is 2.30 bits per heavy atom. The minimum atomic E-state index is -1.05. The zero-order valence-corrected chi connectivity index (χ0v) is 15.8. The first kappa shape index (κ1) is 18.9. The molecule has 1 unspecified atom stereocenters. The Bertz CT molecular complexity index is 934. The third-order valence-electron chi connectivity index (χ3n) is 4.53. The Labute approximate surface area is 162 Å². The van der Waals surface area contributed by atoms with Crippen molar-refractivity contribution in [3.05, 3.63) is 76.5 Å². The summed E-state index contributed by atoms with van der Waals surface area (Å²) in [7, 11) is 0. The molecule has 0 radical (unpaired) electrons. The van der Waals surface area contributed by atoms with E-state index in [1.54, 1.807) is 36.2 Å². The van der Waals surface area contributed by atoms with Crippen LogP contribution in [0, 0.1) is 5.92 Å². The molecule has 1 N–H and O–H groups in total. The average Bonchev–Trinajstić information content (AvgIpc) is 2.80. The number of hydrazone groups is 1. The van der Waals surface area contributed by atoms with Gasteiger partial charge in [0.05, 0.1) is 17.3 Å². The number of hydrogen-bond acceptors (Lipinski definition) is 4. The fraction of sp³-hybridized carbons (Fsp3) is 0.190. The number of Topliss-reactive ketones (excluding diaryl/α,β-unsaturated/α-hetero) is 1. The van der Waals surface area contributed by atoms with Crippen LogP contribution in [0.15, 0.2) is 71.0 Å². The van der Waals surface area contributed by atoms with E-state index in [9.17, 15) is 14.7 Å². The molecule has 1 heterocycles. The number of carboxylic acids is 1. The normalized spacial score (nSPS) is 17.4. The molecule has 0 fully saturated rings. The van der Waals surface area contributed by atoms with E-state index in [-0.39, 0.29) is 17.8 Å². The van der Waals surface area contributed by atoms with Gasteiger partial charge >= 0.3 is 5.97 Å². The molecule has 3 rings (SSSR count). The molecule has 0 saturated carbocycles. The molecule has 0 spiro atoms. The molecular weight excluding hydrogens is 364 g/mol. The van der Waals surface area contributed by atoms with Gasteiger partial charge in [-0.25, -0.2) is 5.01 Å². The third-order valence-corrected chi connectivity index (χ3v) is 4.78. The lowest BCUT2D eigenvalue weighted by molar-refractivity contribution is -0.141. The van der Waals surface area contributed by atoms with Crippen LogP contribution in [0.4, 0.5) is 5.69 Å². The molecule has 0 amide bonds. The van der Waals surface area contributed by atoms with Crippen molar-refractivity contribution in [2.24, 2.45) is 11.0 Å². The number of ketones is 1. The Morgan fingerprint density at radius 1 is 1.11 bits per heavy atom. The Hall–Kier alpha value is -2.92. The predicted octanol–water partition coefficient (Wildman–Crippen LogP) is 4.52. The molecule has 0 aliphatic carbocycles.